The van der Waals surface area contributed by atoms with Gasteiger partial charge in [0.1, 0.15) is 6.54 Å². The maximum Gasteiger partial charge on any atom is 0.189 e. The Labute approximate surface area is 137 Å². The van der Waals surface area contributed by atoms with E-state index < -0.39 is 0 Å². The zero-order chi connectivity index (χ0) is 16.3. The lowest BCUT2D eigenvalue weighted by Gasteiger charge is -2.40. The number of rotatable bonds is 12. The third-order valence-corrected chi connectivity index (χ3v) is 5.19. The van der Waals surface area contributed by atoms with Gasteiger partial charge in [0.15, 0.2) is 12.4 Å². The number of aliphatic imine (C=N–C) groups is 1. The monoisotopic (exact) mass is 309 g/mol. The topological polar surface area (TPSA) is 32.6 Å². The summed E-state index contributed by atoms with van der Waals surface area (Å²) in [7, 11) is 0. The van der Waals surface area contributed by atoms with Crippen LogP contribution in [0.4, 0.5) is 0 Å². The molecule has 3 heteroatoms. The van der Waals surface area contributed by atoms with Crippen molar-refractivity contribution in [3.05, 3.63) is 12.2 Å². The highest BCUT2D eigenvalue weighted by molar-refractivity contribution is 5.60. The quantitative estimate of drug-likeness (QED) is 0.317. The van der Waals surface area contributed by atoms with E-state index in [1.54, 1.807) is 0 Å². The number of hydrogen-bond donors (Lipinski definition) is 1. The molecule has 128 valence electrons. The normalized spacial score (nSPS) is 26.1. The molecule has 3 nitrogen and oxygen atoms in total. The average molecular weight is 310 g/mol. The van der Waals surface area contributed by atoms with Crippen LogP contribution in [0.5, 0.6) is 0 Å². The number of hydrogen-bond acceptors (Lipinski definition) is 2. The first-order chi connectivity index (χ1) is 10.7. The first-order valence-electron chi connectivity index (χ1n) is 9.34. The average Bonchev–Trinajstić information content (AvgIpc) is 2.93. The second-order valence-electron chi connectivity index (χ2n) is 6.67. The maximum absolute atomic E-state index is 10.1. The highest BCUT2D eigenvalue weighted by atomic mass is 16.3. The summed E-state index contributed by atoms with van der Waals surface area (Å²) in [5.74, 6) is 0. The van der Waals surface area contributed by atoms with Crippen LogP contribution >= 0.6 is 0 Å². The number of quaternary nitrogens is 1. The van der Waals surface area contributed by atoms with Crippen molar-refractivity contribution in [2.75, 3.05) is 13.1 Å². The van der Waals surface area contributed by atoms with Gasteiger partial charge in [0.2, 0.25) is 0 Å². The molecule has 0 amide bonds. The van der Waals surface area contributed by atoms with Crippen LogP contribution in [-0.2, 0) is 0 Å². The Kier molecular flexibility index (Phi) is 9.65. The number of aliphatic hydroxyl groups excluding tert-OH is 1. The first-order valence-corrected chi connectivity index (χ1v) is 9.34. The molecule has 0 spiro atoms. The van der Waals surface area contributed by atoms with Crippen LogP contribution in [0.15, 0.2) is 17.1 Å². The summed E-state index contributed by atoms with van der Waals surface area (Å²) in [6.07, 6.45) is 18.1. The fourth-order valence-electron chi connectivity index (χ4n) is 3.55. The molecule has 1 heterocycles. The van der Waals surface area contributed by atoms with Gasteiger partial charge in [-0.2, -0.15) is 0 Å². The lowest BCUT2D eigenvalue weighted by atomic mass is 10.1. The van der Waals surface area contributed by atoms with Gasteiger partial charge in [-0.3, -0.25) is 4.48 Å². The number of allylic oxidation sites excluding steroid dienone is 2. The van der Waals surface area contributed by atoms with E-state index in [-0.39, 0.29) is 12.4 Å². The molecule has 0 bridgehead atoms. The van der Waals surface area contributed by atoms with Gasteiger partial charge < -0.3 is 5.11 Å². The zero-order valence-corrected chi connectivity index (χ0v) is 15.0. The highest BCUT2D eigenvalue weighted by Crippen LogP contribution is 2.26. The Bertz CT molecular complexity index is 338. The van der Waals surface area contributed by atoms with E-state index in [4.69, 9.17) is 0 Å². The van der Waals surface area contributed by atoms with Crippen molar-refractivity contribution in [1.29, 1.82) is 0 Å². The first kappa shape index (κ1) is 19.4. The molecule has 1 aliphatic rings. The Hall–Kier alpha value is -0.670. The molecule has 3 unspecified atom stereocenters. The van der Waals surface area contributed by atoms with Crippen LogP contribution in [0.1, 0.15) is 78.6 Å². The van der Waals surface area contributed by atoms with Crippen LogP contribution in [0.2, 0.25) is 0 Å². The number of aliphatic hydroxyl groups is 1. The summed E-state index contributed by atoms with van der Waals surface area (Å²) >= 11 is 0. The van der Waals surface area contributed by atoms with Crippen molar-refractivity contribution in [2.24, 2.45) is 4.99 Å². The number of unbranched alkanes of at least 4 members (excludes halogenated alkanes) is 7. The Balaban J connectivity index is 2.08. The molecular formula is C19H37N2O+. The van der Waals surface area contributed by atoms with Crippen LogP contribution in [0.3, 0.4) is 0 Å². The van der Waals surface area contributed by atoms with Crippen LogP contribution in [0, 0.1) is 0 Å². The Morgan fingerprint density at radius 2 is 1.82 bits per heavy atom. The molecule has 3 atom stereocenters. The molecule has 0 radical (unpaired) electrons. The maximum atomic E-state index is 10.1. The number of nitrogens with zero attached hydrogens (tertiary/aromatic N) is 2. The van der Waals surface area contributed by atoms with E-state index in [0.717, 1.165) is 24.0 Å². The summed E-state index contributed by atoms with van der Waals surface area (Å²) < 4.78 is 0.741. The largest absolute Gasteiger partial charge is 0.345 e. The zero-order valence-electron chi connectivity index (χ0n) is 15.0. The lowest BCUT2D eigenvalue weighted by Crippen LogP contribution is -2.57. The molecule has 0 saturated carbocycles. The summed E-state index contributed by atoms with van der Waals surface area (Å²) in [6.45, 7) is 8.04. The van der Waals surface area contributed by atoms with Gasteiger partial charge in [-0.15, -0.1) is 0 Å². The van der Waals surface area contributed by atoms with Crippen molar-refractivity contribution in [2.45, 2.75) is 91.0 Å². The Morgan fingerprint density at radius 1 is 1.18 bits per heavy atom. The van der Waals surface area contributed by atoms with Crippen molar-refractivity contribution in [3.63, 3.8) is 0 Å². The molecule has 0 aromatic heterocycles. The standard InChI is InChI=1S/C19H37N2O/c1-4-6-7-8-9-10-11-12-13-14-15-19-20-16-17-21(19,5-2)18(3)22/h4,6,16,18-19,22H,5,7-15,17H2,1-3H3/q+1/b6-4+. The van der Waals surface area contributed by atoms with E-state index >= 15 is 0 Å². The van der Waals surface area contributed by atoms with Gasteiger partial charge >= 0.3 is 0 Å². The summed E-state index contributed by atoms with van der Waals surface area (Å²) in [5, 5.41) is 10.1. The minimum atomic E-state index is -0.310. The minimum absolute atomic E-state index is 0.283. The summed E-state index contributed by atoms with van der Waals surface area (Å²) in [5.41, 5.74) is 0. The van der Waals surface area contributed by atoms with E-state index in [2.05, 4.69) is 31.0 Å². The molecular weight excluding hydrogens is 272 g/mol. The van der Waals surface area contributed by atoms with E-state index in [9.17, 15) is 5.11 Å². The summed E-state index contributed by atoms with van der Waals surface area (Å²) in [6, 6.07) is 0. The van der Waals surface area contributed by atoms with Gasteiger partial charge in [0.25, 0.3) is 0 Å². The van der Waals surface area contributed by atoms with Gasteiger partial charge in [-0.05, 0) is 33.1 Å². The predicted octanol–water partition coefficient (Wildman–Crippen LogP) is 4.66. The fourth-order valence-corrected chi connectivity index (χ4v) is 3.55. The van der Waals surface area contributed by atoms with E-state index in [1.165, 1.54) is 51.4 Å². The van der Waals surface area contributed by atoms with E-state index in [0.29, 0.717) is 0 Å². The van der Waals surface area contributed by atoms with Gasteiger partial charge in [-0.25, -0.2) is 4.99 Å². The third-order valence-electron chi connectivity index (χ3n) is 5.19. The van der Waals surface area contributed by atoms with Gasteiger partial charge in [0.05, 0.1) is 12.8 Å². The molecule has 0 fully saturated rings. The second-order valence-corrected chi connectivity index (χ2v) is 6.67. The van der Waals surface area contributed by atoms with Crippen molar-refractivity contribution in [1.82, 2.24) is 0 Å². The molecule has 0 aromatic carbocycles. The van der Waals surface area contributed by atoms with Crippen molar-refractivity contribution in [3.8, 4) is 0 Å². The van der Waals surface area contributed by atoms with Gasteiger partial charge in [-0.1, -0.05) is 44.3 Å². The molecule has 0 aromatic rings. The smallest absolute Gasteiger partial charge is 0.189 e. The molecule has 22 heavy (non-hydrogen) atoms. The Morgan fingerprint density at radius 3 is 2.41 bits per heavy atom. The fraction of sp³-hybridized carbons (Fsp3) is 0.842. The molecule has 1 N–H and O–H groups in total. The van der Waals surface area contributed by atoms with Crippen molar-refractivity contribution >= 4 is 6.21 Å². The predicted molar refractivity (Wildman–Crippen MR) is 96.0 cm³/mol. The molecule has 0 saturated heterocycles. The van der Waals surface area contributed by atoms with E-state index in [1.807, 2.05) is 13.1 Å². The highest BCUT2D eigenvalue weighted by Gasteiger charge is 2.41. The third kappa shape index (κ3) is 5.85. The second kappa shape index (κ2) is 11.0. The minimum Gasteiger partial charge on any atom is -0.345 e. The lowest BCUT2D eigenvalue weighted by molar-refractivity contribution is -0.976. The van der Waals surface area contributed by atoms with Crippen LogP contribution in [0.25, 0.3) is 0 Å². The van der Waals surface area contributed by atoms with Crippen LogP contribution in [-0.4, -0.2) is 41.3 Å². The summed E-state index contributed by atoms with van der Waals surface area (Å²) in [4.78, 5) is 4.64. The van der Waals surface area contributed by atoms with Crippen LogP contribution < -0.4 is 0 Å². The van der Waals surface area contributed by atoms with Crippen molar-refractivity contribution < 1.29 is 9.59 Å². The molecule has 1 rings (SSSR count). The molecule has 0 aliphatic carbocycles. The SMILES string of the molecule is C/C=C/CCCCCCCCCC1N=CC[N+]1(CC)C(C)O. The molecule has 1 aliphatic heterocycles. The van der Waals surface area contributed by atoms with Gasteiger partial charge in [0, 0.05) is 13.3 Å².